The van der Waals surface area contributed by atoms with Gasteiger partial charge in [-0.15, -0.1) is 11.3 Å². The largest absolute Gasteiger partial charge is 0.330 e. The molecule has 0 bridgehead atoms. The Morgan fingerprint density at radius 1 is 1.62 bits per heavy atom. The second kappa shape index (κ2) is 5.37. The monoisotopic (exact) mass is 198 g/mol. The zero-order valence-corrected chi connectivity index (χ0v) is 9.16. The van der Waals surface area contributed by atoms with Crippen LogP contribution in [0.15, 0.2) is 11.4 Å². The van der Waals surface area contributed by atoms with E-state index in [-0.39, 0.29) is 0 Å². The standard InChI is InChI=1S/C10H18N2S/c1-3-10-9(4-5-13-10)8(6-11)7-12-2/h4-5,8,12H,3,6-7,11H2,1-2H3. The molecule has 0 aromatic carbocycles. The van der Waals surface area contributed by atoms with E-state index in [1.807, 2.05) is 18.4 Å². The molecule has 74 valence electrons. The van der Waals surface area contributed by atoms with E-state index in [9.17, 15) is 0 Å². The minimum Gasteiger partial charge on any atom is -0.330 e. The number of rotatable bonds is 5. The van der Waals surface area contributed by atoms with Gasteiger partial charge >= 0.3 is 0 Å². The maximum absolute atomic E-state index is 5.74. The molecule has 3 heteroatoms. The van der Waals surface area contributed by atoms with E-state index in [0.29, 0.717) is 5.92 Å². The molecule has 1 unspecified atom stereocenters. The van der Waals surface area contributed by atoms with Crippen molar-refractivity contribution >= 4 is 11.3 Å². The summed E-state index contributed by atoms with van der Waals surface area (Å²) < 4.78 is 0. The summed E-state index contributed by atoms with van der Waals surface area (Å²) in [6, 6.07) is 2.21. The van der Waals surface area contributed by atoms with Gasteiger partial charge in [0.05, 0.1) is 0 Å². The van der Waals surface area contributed by atoms with Gasteiger partial charge in [-0.1, -0.05) is 6.92 Å². The average Bonchev–Trinajstić information content (AvgIpc) is 2.61. The van der Waals surface area contributed by atoms with Gasteiger partial charge in [0.15, 0.2) is 0 Å². The molecule has 0 aliphatic heterocycles. The van der Waals surface area contributed by atoms with Crippen LogP contribution in [0.1, 0.15) is 23.3 Å². The maximum Gasteiger partial charge on any atom is 0.00971 e. The summed E-state index contributed by atoms with van der Waals surface area (Å²) >= 11 is 1.84. The Kier molecular flexibility index (Phi) is 4.42. The first-order valence-electron chi connectivity index (χ1n) is 4.74. The predicted octanol–water partition coefficient (Wildman–Crippen LogP) is 1.57. The molecule has 0 aliphatic carbocycles. The van der Waals surface area contributed by atoms with Crippen molar-refractivity contribution < 1.29 is 0 Å². The molecule has 0 saturated heterocycles. The Labute approximate surface area is 84.2 Å². The number of nitrogens with two attached hydrogens (primary N) is 1. The predicted molar refractivity (Wildman–Crippen MR) is 59.4 cm³/mol. The third kappa shape index (κ3) is 2.53. The lowest BCUT2D eigenvalue weighted by molar-refractivity contribution is 0.635. The lowest BCUT2D eigenvalue weighted by Crippen LogP contribution is -2.24. The second-order valence-electron chi connectivity index (χ2n) is 3.14. The van der Waals surface area contributed by atoms with Crippen molar-refractivity contribution in [2.75, 3.05) is 20.1 Å². The molecule has 0 amide bonds. The van der Waals surface area contributed by atoms with Gasteiger partial charge in [-0.25, -0.2) is 0 Å². The molecule has 0 radical (unpaired) electrons. The van der Waals surface area contributed by atoms with Gasteiger partial charge < -0.3 is 11.1 Å². The van der Waals surface area contributed by atoms with Gasteiger partial charge in [0, 0.05) is 23.9 Å². The third-order valence-electron chi connectivity index (χ3n) is 2.28. The first kappa shape index (κ1) is 10.7. The summed E-state index contributed by atoms with van der Waals surface area (Å²) in [5.74, 6) is 0.478. The summed E-state index contributed by atoms with van der Waals surface area (Å²) in [6.45, 7) is 3.90. The Morgan fingerprint density at radius 2 is 2.38 bits per heavy atom. The van der Waals surface area contributed by atoms with Crippen LogP contribution in [0.25, 0.3) is 0 Å². The first-order valence-corrected chi connectivity index (χ1v) is 5.62. The van der Waals surface area contributed by atoms with Crippen LogP contribution in [0.3, 0.4) is 0 Å². The molecular weight excluding hydrogens is 180 g/mol. The van der Waals surface area contributed by atoms with Gasteiger partial charge in [0.25, 0.3) is 0 Å². The summed E-state index contributed by atoms with van der Waals surface area (Å²) in [5.41, 5.74) is 7.17. The molecule has 13 heavy (non-hydrogen) atoms. The van der Waals surface area contributed by atoms with Gasteiger partial charge in [0.2, 0.25) is 0 Å². The van der Waals surface area contributed by atoms with Gasteiger partial charge in [-0.2, -0.15) is 0 Å². The fraction of sp³-hybridized carbons (Fsp3) is 0.600. The molecule has 1 aromatic heterocycles. The third-order valence-corrected chi connectivity index (χ3v) is 3.36. The van der Waals surface area contributed by atoms with E-state index >= 15 is 0 Å². The summed E-state index contributed by atoms with van der Waals surface area (Å²) in [5, 5.41) is 5.34. The summed E-state index contributed by atoms with van der Waals surface area (Å²) in [6.07, 6.45) is 1.12. The average molecular weight is 198 g/mol. The van der Waals surface area contributed by atoms with E-state index < -0.39 is 0 Å². The zero-order valence-electron chi connectivity index (χ0n) is 8.34. The number of likely N-dealkylation sites (N-methyl/N-ethyl adjacent to an activating group) is 1. The minimum absolute atomic E-state index is 0.478. The van der Waals surface area contributed by atoms with E-state index in [0.717, 1.165) is 19.5 Å². The van der Waals surface area contributed by atoms with Crippen LogP contribution < -0.4 is 11.1 Å². The number of nitrogens with one attached hydrogen (secondary N) is 1. The normalized spacial score (nSPS) is 13.2. The Morgan fingerprint density at radius 3 is 2.92 bits per heavy atom. The molecule has 0 aliphatic rings. The van der Waals surface area contributed by atoms with Crippen LogP contribution in [0.2, 0.25) is 0 Å². The topological polar surface area (TPSA) is 38.0 Å². The molecule has 1 aromatic rings. The molecule has 3 N–H and O–H groups in total. The highest BCUT2D eigenvalue weighted by atomic mass is 32.1. The summed E-state index contributed by atoms with van der Waals surface area (Å²) in [7, 11) is 1.97. The highest BCUT2D eigenvalue weighted by Gasteiger charge is 2.12. The molecule has 0 fully saturated rings. The number of hydrogen-bond acceptors (Lipinski definition) is 3. The lowest BCUT2D eigenvalue weighted by Gasteiger charge is -2.14. The van der Waals surface area contributed by atoms with Gasteiger partial charge in [-0.3, -0.25) is 0 Å². The van der Waals surface area contributed by atoms with E-state index in [1.54, 1.807) is 0 Å². The number of thiophene rings is 1. The molecule has 1 rings (SSSR count). The van der Waals surface area contributed by atoms with Crippen LogP contribution in [0.5, 0.6) is 0 Å². The SMILES string of the molecule is CCc1sccc1C(CN)CNC. The first-order chi connectivity index (χ1) is 6.33. The van der Waals surface area contributed by atoms with Crippen molar-refractivity contribution in [3.05, 3.63) is 21.9 Å². The number of hydrogen-bond donors (Lipinski definition) is 2. The Balaban J connectivity index is 2.77. The second-order valence-corrected chi connectivity index (χ2v) is 4.14. The van der Waals surface area contributed by atoms with Crippen molar-refractivity contribution in [1.29, 1.82) is 0 Å². The van der Waals surface area contributed by atoms with E-state index in [4.69, 9.17) is 5.73 Å². The lowest BCUT2D eigenvalue weighted by atomic mass is 9.99. The minimum atomic E-state index is 0.478. The summed E-state index contributed by atoms with van der Waals surface area (Å²) in [4.78, 5) is 1.48. The Bertz CT molecular complexity index is 245. The fourth-order valence-electron chi connectivity index (χ4n) is 1.57. The smallest absolute Gasteiger partial charge is 0.00971 e. The van der Waals surface area contributed by atoms with Crippen LogP contribution in [0, 0.1) is 0 Å². The molecule has 0 saturated carbocycles. The van der Waals surface area contributed by atoms with Crippen LogP contribution >= 0.6 is 11.3 Å². The van der Waals surface area contributed by atoms with Crippen molar-refractivity contribution in [2.45, 2.75) is 19.3 Å². The van der Waals surface area contributed by atoms with Gasteiger partial charge in [0.1, 0.15) is 0 Å². The maximum atomic E-state index is 5.74. The van der Waals surface area contributed by atoms with Crippen LogP contribution in [-0.4, -0.2) is 20.1 Å². The Hall–Kier alpha value is -0.380. The molecule has 2 nitrogen and oxygen atoms in total. The van der Waals surface area contributed by atoms with E-state index in [2.05, 4.69) is 23.7 Å². The molecule has 0 spiro atoms. The van der Waals surface area contributed by atoms with Crippen molar-refractivity contribution in [2.24, 2.45) is 5.73 Å². The van der Waals surface area contributed by atoms with Crippen molar-refractivity contribution in [3.8, 4) is 0 Å². The number of aryl methyl sites for hydroxylation is 1. The van der Waals surface area contributed by atoms with Gasteiger partial charge in [-0.05, 0) is 30.5 Å². The molecule has 1 atom stereocenters. The zero-order chi connectivity index (χ0) is 9.68. The van der Waals surface area contributed by atoms with Crippen LogP contribution in [0.4, 0.5) is 0 Å². The van der Waals surface area contributed by atoms with Crippen molar-refractivity contribution in [3.63, 3.8) is 0 Å². The molecule has 1 heterocycles. The molecular formula is C10H18N2S. The fourth-order valence-corrected chi connectivity index (χ4v) is 2.48. The quantitative estimate of drug-likeness (QED) is 0.754. The highest BCUT2D eigenvalue weighted by molar-refractivity contribution is 7.10. The van der Waals surface area contributed by atoms with E-state index in [1.165, 1.54) is 10.4 Å². The van der Waals surface area contributed by atoms with Crippen LogP contribution in [-0.2, 0) is 6.42 Å². The van der Waals surface area contributed by atoms with Crippen molar-refractivity contribution in [1.82, 2.24) is 5.32 Å². The highest BCUT2D eigenvalue weighted by Crippen LogP contribution is 2.24.